The van der Waals surface area contributed by atoms with Gasteiger partial charge in [0.25, 0.3) is 0 Å². The maximum atomic E-state index is 12.9. The molecule has 1 N–H and O–H groups in total. The Morgan fingerprint density at radius 3 is 2.50 bits per heavy atom. The van der Waals surface area contributed by atoms with E-state index in [1.165, 1.54) is 13.2 Å². The number of aliphatic hydroxyl groups is 1. The van der Waals surface area contributed by atoms with Crippen LogP contribution in [0.5, 0.6) is 5.75 Å². The fourth-order valence-electron chi connectivity index (χ4n) is 0.961. The van der Waals surface area contributed by atoms with Crippen molar-refractivity contribution in [3.63, 3.8) is 0 Å². The Labute approximate surface area is 70.6 Å². The van der Waals surface area contributed by atoms with Crippen LogP contribution in [-0.4, -0.2) is 12.2 Å². The number of hydrogen-bond donors (Lipinski definition) is 1. The number of alkyl halides is 1. The Bertz CT molecular complexity index is 265. The Kier molecular flexibility index (Phi) is 2.33. The van der Waals surface area contributed by atoms with Crippen LogP contribution in [0, 0.1) is 6.92 Å². The number of halogens is 1. The molecule has 1 aromatic rings. The van der Waals surface area contributed by atoms with E-state index < -0.39 is 5.85 Å². The summed E-state index contributed by atoms with van der Waals surface area (Å²) in [4.78, 5) is 0. The van der Waals surface area contributed by atoms with Gasteiger partial charge in [-0.3, -0.25) is 0 Å². The van der Waals surface area contributed by atoms with E-state index in [1.807, 2.05) is 0 Å². The first kappa shape index (κ1) is 9.00. The maximum Gasteiger partial charge on any atom is 0.236 e. The first-order valence-electron chi connectivity index (χ1n) is 3.46. The lowest BCUT2D eigenvalue weighted by Crippen LogP contribution is -2.15. The highest BCUT2D eigenvalue weighted by Gasteiger charge is 2.25. The van der Waals surface area contributed by atoms with E-state index in [9.17, 15) is 4.39 Å². The molecule has 1 unspecified atom stereocenters. The standard InChI is InChI=1S/C9H10FO2/c1-9(10,11)7-5-3-4-6-8(7)12-2/h3-6,11H,1H2,2H3. The highest BCUT2D eigenvalue weighted by Crippen LogP contribution is 2.29. The third-order valence-electron chi connectivity index (χ3n) is 1.52. The lowest BCUT2D eigenvalue weighted by atomic mass is 10.1. The van der Waals surface area contributed by atoms with E-state index in [0.717, 1.165) is 0 Å². The number of rotatable bonds is 2. The summed E-state index contributed by atoms with van der Waals surface area (Å²) in [5, 5.41) is 8.94. The molecule has 0 spiro atoms. The molecule has 0 bridgehead atoms. The van der Waals surface area contributed by atoms with Crippen molar-refractivity contribution < 1.29 is 14.2 Å². The van der Waals surface area contributed by atoms with Crippen molar-refractivity contribution in [1.82, 2.24) is 0 Å². The Hall–Kier alpha value is -1.09. The molecule has 2 nitrogen and oxygen atoms in total. The van der Waals surface area contributed by atoms with Crippen LogP contribution in [0.2, 0.25) is 0 Å². The monoisotopic (exact) mass is 169 g/mol. The van der Waals surface area contributed by atoms with Crippen LogP contribution in [0.3, 0.4) is 0 Å². The molecule has 1 radical (unpaired) electrons. The zero-order valence-corrected chi connectivity index (χ0v) is 6.75. The summed E-state index contributed by atoms with van der Waals surface area (Å²) in [6.07, 6.45) is 0. The van der Waals surface area contributed by atoms with Gasteiger partial charge < -0.3 is 9.84 Å². The third-order valence-corrected chi connectivity index (χ3v) is 1.52. The molecule has 0 aliphatic carbocycles. The van der Waals surface area contributed by atoms with E-state index in [4.69, 9.17) is 9.84 Å². The van der Waals surface area contributed by atoms with Crippen LogP contribution in [0.1, 0.15) is 5.56 Å². The molecule has 1 aromatic carbocycles. The molecule has 3 heteroatoms. The predicted octanol–water partition coefficient (Wildman–Crippen LogP) is 1.64. The molecule has 0 heterocycles. The number of benzene rings is 1. The smallest absolute Gasteiger partial charge is 0.236 e. The van der Waals surface area contributed by atoms with E-state index >= 15 is 0 Å². The molecular formula is C9H10FO2. The summed E-state index contributed by atoms with van der Waals surface area (Å²) in [6, 6.07) is 6.28. The molecule has 1 rings (SSSR count). The van der Waals surface area contributed by atoms with Gasteiger partial charge in [0.2, 0.25) is 5.85 Å². The number of methoxy groups -OCH3 is 1. The lowest BCUT2D eigenvalue weighted by molar-refractivity contribution is -0.0515. The molecule has 1 atom stereocenters. The minimum Gasteiger partial charge on any atom is -0.496 e. The largest absolute Gasteiger partial charge is 0.496 e. The van der Waals surface area contributed by atoms with E-state index in [-0.39, 0.29) is 11.3 Å². The van der Waals surface area contributed by atoms with Crippen LogP contribution in [-0.2, 0) is 5.85 Å². The van der Waals surface area contributed by atoms with Gasteiger partial charge in [0.1, 0.15) is 5.75 Å². The van der Waals surface area contributed by atoms with E-state index in [1.54, 1.807) is 18.2 Å². The first-order chi connectivity index (χ1) is 5.55. The second-order valence-corrected chi connectivity index (χ2v) is 2.46. The molecule has 0 fully saturated rings. The molecule has 65 valence electrons. The van der Waals surface area contributed by atoms with Crippen molar-refractivity contribution in [2.45, 2.75) is 5.85 Å². The summed E-state index contributed by atoms with van der Waals surface area (Å²) in [5.41, 5.74) is 0.0347. The van der Waals surface area contributed by atoms with Gasteiger partial charge in [-0.05, 0) is 12.1 Å². The quantitative estimate of drug-likeness (QED) is 0.729. The van der Waals surface area contributed by atoms with Crippen molar-refractivity contribution in [3.05, 3.63) is 36.8 Å². The molecule has 0 aliphatic heterocycles. The van der Waals surface area contributed by atoms with E-state index in [2.05, 4.69) is 6.92 Å². The molecular weight excluding hydrogens is 159 g/mol. The van der Waals surface area contributed by atoms with Crippen molar-refractivity contribution in [2.75, 3.05) is 7.11 Å². The highest BCUT2D eigenvalue weighted by molar-refractivity contribution is 5.36. The van der Waals surface area contributed by atoms with Crippen LogP contribution >= 0.6 is 0 Å². The van der Waals surface area contributed by atoms with Crippen LogP contribution < -0.4 is 4.74 Å². The summed E-state index contributed by atoms with van der Waals surface area (Å²) >= 11 is 0. The molecule has 12 heavy (non-hydrogen) atoms. The van der Waals surface area contributed by atoms with E-state index in [0.29, 0.717) is 0 Å². The predicted molar refractivity (Wildman–Crippen MR) is 43.4 cm³/mol. The van der Waals surface area contributed by atoms with Crippen LogP contribution in [0.25, 0.3) is 0 Å². The summed E-state index contributed by atoms with van der Waals surface area (Å²) < 4.78 is 17.8. The van der Waals surface area contributed by atoms with Crippen molar-refractivity contribution in [1.29, 1.82) is 0 Å². The molecule has 0 saturated carbocycles. The molecule has 0 aliphatic rings. The zero-order chi connectivity index (χ0) is 9.19. The second kappa shape index (κ2) is 3.11. The van der Waals surface area contributed by atoms with Gasteiger partial charge in [0.15, 0.2) is 0 Å². The van der Waals surface area contributed by atoms with Crippen molar-refractivity contribution in [2.24, 2.45) is 0 Å². The SMILES string of the molecule is [CH2]C(O)(F)c1ccccc1OC. The summed E-state index contributed by atoms with van der Waals surface area (Å²) in [7, 11) is 1.41. The van der Waals surface area contributed by atoms with Crippen LogP contribution in [0.15, 0.2) is 24.3 Å². The Balaban J connectivity index is 3.14. The zero-order valence-electron chi connectivity index (χ0n) is 6.75. The minimum absolute atomic E-state index is 0.0347. The van der Waals surface area contributed by atoms with Gasteiger partial charge in [-0.25, -0.2) is 4.39 Å². The summed E-state index contributed by atoms with van der Waals surface area (Å²) in [5.74, 6) is -2.30. The van der Waals surface area contributed by atoms with Gasteiger partial charge in [-0.2, -0.15) is 0 Å². The van der Waals surface area contributed by atoms with Gasteiger partial charge in [0.05, 0.1) is 12.7 Å². The molecule has 0 amide bonds. The fourth-order valence-corrected chi connectivity index (χ4v) is 0.961. The average Bonchev–Trinajstić information content (AvgIpc) is 2.03. The van der Waals surface area contributed by atoms with Gasteiger partial charge in [-0.1, -0.05) is 12.1 Å². The maximum absolute atomic E-state index is 12.9. The fraction of sp³-hybridized carbons (Fsp3) is 0.222. The van der Waals surface area contributed by atoms with Gasteiger partial charge in [0, 0.05) is 6.92 Å². The van der Waals surface area contributed by atoms with Gasteiger partial charge in [-0.15, -0.1) is 0 Å². The topological polar surface area (TPSA) is 29.5 Å². The number of para-hydroxylation sites is 1. The number of ether oxygens (including phenoxy) is 1. The highest BCUT2D eigenvalue weighted by atomic mass is 19.2. The molecule has 0 saturated heterocycles. The van der Waals surface area contributed by atoms with Crippen LogP contribution in [0.4, 0.5) is 4.39 Å². The van der Waals surface area contributed by atoms with Crippen molar-refractivity contribution in [3.8, 4) is 5.75 Å². The lowest BCUT2D eigenvalue weighted by Gasteiger charge is -2.15. The number of hydrogen-bond acceptors (Lipinski definition) is 2. The minimum atomic E-state index is -2.59. The van der Waals surface area contributed by atoms with Gasteiger partial charge >= 0.3 is 0 Å². The average molecular weight is 169 g/mol. The first-order valence-corrected chi connectivity index (χ1v) is 3.46. The summed E-state index contributed by atoms with van der Waals surface area (Å²) in [6.45, 7) is 2.96. The normalized spacial score (nSPS) is 15.3. The van der Waals surface area contributed by atoms with Crippen molar-refractivity contribution >= 4 is 0 Å². The third kappa shape index (κ3) is 1.74. The Morgan fingerprint density at radius 1 is 1.50 bits per heavy atom. The second-order valence-electron chi connectivity index (χ2n) is 2.46. The Morgan fingerprint density at radius 2 is 2.08 bits per heavy atom. The molecule has 0 aromatic heterocycles.